The maximum atomic E-state index is 13.8. The number of benzene rings is 1. The number of hydrogen-bond acceptors (Lipinski definition) is 6. The third-order valence-corrected chi connectivity index (χ3v) is 8.40. The molecule has 0 radical (unpaired) electrons. The van der Waals surface area contributed by atoms with Crippen molar-refractivity contribution in [2.75, 3.05) is 13.1 Å². The number of pyridine rings is 1. The molecule has 0 aliphatic carbocycles. The molecule has 1 aliphatic heterocycles. The van der Waals surface area contributed by atoms with Crippen molar-refractivity contribution in [2.24, 2.45) is 0 Å². The first-order valence-corrected chi connectivity index (χ1v) is 12.5. The Morgan fingerprint density at radius 3 is 2.50 bits per heavy atom. The Kier molecular flexibility index (Phi) is 6.13. The van der Waals surface area contributed by atoms with Gasteiger partial charge in [-0.05, 0) is 37.8 Å². The van der Waals surface area contributed by atoms with Crippen molar-refractivity contribution in [1.29, 1.82) is 5.26 Å². The van der Waals surface area contributed by atoms with Crippen LogP contribution in [0, 0.1) is 18.3 Å². The number of nitriles is 1. The monoisotopic (exact) mass is 451 g/mol. The Morgan fingerprint density at radius 2 is 1.88 bits per heavy atom. The zero-order valence-electron chi connectivity index (χ0n) is 18.4. The topological polar surface area (TPSA) is 96.8 Å². The molecule has 3 heterocycles. The van der Waals surface area contributed by atoms with Gasteiger partial charge in [0.05, 0.1) is 30.5 Å². The Balaban J connectivity index is 1.85. The second-order valence-corrected chi connectivity index (χ2v) is 10.4. The summed E-state index contributed by atoms with van der Waals surface area (Å²) in [5.74, 6) is 1.35. The summed E-state index contributed by atoms with van der Waals surface area (Å²) in [6, 6.07) is 13.1. The van der Waals surface area contributed by atoms with E-state index in [1.54, 1.807) is 19.2 Å². The molecule has 7 nitrogen and oxygen atoms in total. The van der Waals surface area contributed by atoms with Crippen LogP contribution in [0.5, 0.6) is 0 Å². The van der Waals surface area contributed by atoms with Crippen LogP contribution in [-0.4, -0.2) is 31.5 Å². The fraction of sp³-hybridized carbons (Fsp3) is 0.375. The number of oxazole rings is 1. The Hall–Kier alpha value is -3.02. The van der Waals surface area contributed by atoms with E-state index in [1.165, 1.54) is 0 Å². The highest BCUT2D eigenvalue weighted by molar-refractivity contribution is 7.90. The molecule has 1 saturated heterocycles. The first-order chi connectivity index (χ1) is 15.4. The van der Waals surface area contributed by atoms with Crippen LogP contribution in [0.4, 0.5) is 5.82 Å². The Morgan fingerprint density at radius 1 is 1.16 bits per heavy atom. The van der Waals surface area contributed by atoms with E-state index in [1.807, 2.05) is 37.3 Å². The van der Waals surface area contributed by atoms with Crippen molar-refractivity contribution in [3.63, 3.8) is 0 Å². The molecule has 8 heteroatoms. The van der Waals surface area contributed by atoms with Gasteiger partial charge in [-0.3, -0.25) is 0 Å². The average molecular weight is 452 g/mol. The second-order valence-electron chi connectivity index (χ2n) is 8.20. The fourth-order valence-electron chi connectivity index (χ4n) is 4.35. The van der Waals surface area contributed by atoms with E-state index < -0.39 is 10.0 Å². The first kappa shape index (κ1) is 22.2. The summed E-state index contributed by atoms with van der Waals surface area (Å²) in [6.07, 6.45) is 4.87. The van der Waals surface area contributed by atoms with Gasteiger partial charge >= 0.3 is 10.0 Å². The molecule has 1 fully saturated rings. The van der Waals surface area contributed by atoms with Crippen molar-refractivity contribution >= 4 is 15.8 Å². The second kappa shape index (κ2) is 8.85. The molecular weight excluding hydrogens is 424 g/mol. The SMILES string of the molecule is CCc1cnc(-c2cc(C#N)c([N+]3(S(=O)(=O)Cc4ccccc4)CCCCC3)nc2C)o1. The highest BCUT2D eigenvalue weighted by Gasteiger charge is 2.48. The van der Waals surface area contributed by atoms with Gasteiger partial charge in [-0.25, -0.2) is 4.98 Å². The van der Waals surface area contributed by atoms with Crippen molar-refractivity contribution in [3.8, 4) is 17.5 Å². The highest BCUT2D eigenvalue weighted by Crippen LogP contribution is 2.37. The van der Waals surface area contributed by atoms with Gasteiger partial charge in [0, 0.05) is 6.42 Å². The van der Waals surface area contributed by atoms with Crippen LogP contribution >= 0.6 is 0 Å². The summed E-state index contributed by atoms with van der Waals surface area (Å²) in [4.78, 5) is 9.05. The van der Waals surface area contributed by atoms with E-state index in [2.05, 4.69) is 11.1 Å². The normalized spacial score (nSPS) is 15.9. The lowest BCUT2D eigenvalue weighted by atomic mass is 10.1. The number of aromatic nitrogens is 2. The van der Waals surface area contributed by atoms with E-state index in [0.717, 1.165) is 30.6 Å². The summed E-state index contributed by atoms with van der Waals surface area (Å²) in [5.41, 5.74) is 2.19. The van der Waals surface area contributed by atoms with Crippen LogP contribution in [0.15, 0.2) is 47.0 Å². The molecule has 0 spiro atoms. The molecular formula is C24H27N4O3S+. The number of quaternary nitrogens is 1. The smallest absolute Gasteiger partial charge is 0.307 e. The lowest BCUT2D eigenvalue weighted by Crippen LogP contribution is -2.58. The van der Waals surface area contributed by atoms with Gasteiger partial charge in [0.1, 0.15) is 23.1 Å². The molecule has 4 rings (SSSR count). The molecule has 32 heavy (non-hydrogen) atoms. The lowest BCUT2D eigenvalue weighted by Gasteiger charge is -2.38. The number of aryl methyl sites for hydroxylation is 2. The number of piperidine rings is 1. The van der Waals surface area contributed by atoms with Crippen molar-refractivity contribution in [2.45, 2.75) is 45.3 Å². The maximum absolute atomic E-state index is 13.8. The van der Waals surface area contributed by atoms with Crippen LogP contribution in [0.1, 0.15) is 48.8 Å². The lowest BCUT2D eigenvalue weighted by molar-refractivity contribution is 0.335. The van der Waals surface area contributed by atoms with E-state index in [4.69, 9.17) is 9.40 Å². The number of hydrogen-bond donors (Lipinski definition) is 0. The minimum atomic E-state index is -3.69. The highest BCUT2D eigenvalue weighted by atomic mass is 32.2. The quantitative estimate of drug-likeness (QED) is 0.512. The molecule has 3 aromatic rings. The third-order valence-electron chi connectivity index (χ3n) is 6.09. The minimum absolute atomic E-state index is 0.0964. The zero-order valence-corrected chi connectivity index (χ0v) is 19.2. The van der Waals surface area contributed by atoms with Crippen LogP contribution in [0.3, 0.4) is 0 Å². The summed E-state index contributed by atoms with van der Waals surface area (Å²) >= 11 is 0. The van der Waals surface area contributed by atoms with Gasteiger partial charge in [0.2, 0.25) is 5.89 Å². The van der Waals surface area contributed by atoms with Crippen LogP contribution in [-0.2, 0) is 22.2 Å². The summed E-state index contributed by atoms with van der Waals surface area (Å²) in [5, 5.41) is 9.99. The van der Waals surface area contributed by atoms with Crippen molar-refractivity contribution < 1.29 is 12.8 Å². The first-order valence-electron chi connectivity index (χ1n) is 10.9. The summed E-state index contributed by atoms with van der Waals surface area (Å²) in [7, 11) is -3.69. The number of sulfonamides is 1. The van der Waals surface area contributed by atoms with Gasteiger partial charge < -0.3 is 4.42 Å². The maximum Gasteiger partial charge on any atom is 0.307 e. The predicted octanol–water partition coefficient (Wildman–Crippen LogP) is 4.50. The summed E-state index contributed by atoms with van der Waals surface area (Å²) < 4.78 is 33.2. The molecule has 0 saturated carbocycles. The molecule has 1 aromatic carbocycles. The largest absolute Gasteiger partial charge is 0.441 e. The van der Waals surface area contributed by atoms with Gasteiger partial charge in [-0.15, -0.1) is 0 Å². The van der Waals surface area contributed by atoms with Gasteiger partial charge in [-0.2, -0.15) is 22.6 Å². The van der Waals surface area contributed by atoms with Gasteiger partial charge in [0.15, 0.2) is 0 Å². The van der Waals surface area contributed by atoms with Crippen LogP contribution < -0.4 is 3.89 Å². The Bertz CT molecular complexity index is 1250. The third kappa shape index (κ3) is 3.94. The van der Waals surface area contributed by atoms with Crippen molar-refractivity contribution in [3.05, 3.63) is 65.2 Å². The molecule has 166 valence electrons. The Labute approximate surface area is 189 Å². The molecule has 0 atom stereocenters. The molecule has 0 amide bonds. The number of rotatable bonds is 6. The molecule has 1 aliphatic rings. The fourth-order valence-corrected chi connectivity index (χ4v) is 6.43. The zero-order chi connectivity index (χ0) is 22.8. The van der Waals surface area contributed by atoms with Crippen LogP contribution in [0.2, 0.25) is 0 Å². The molecule has 2 aromatic heterocycles. The minimum Gasteiger partial charge on any atom is -0.441 e. The van der Waals surface area contributed by atoms with E-state index in [9.17, 15) is 13.7 Å². The summed E-state index contributed by atoms with van der Waals surface area (Å²) in [6.45, 7) is 4.60. The van der Waals surface area contributed by atoms with Crippen molar-refractivity contribution in [1.82, 2.24) is 13.9 Å². The standard InChI is InChI=1S/C24H27N4O3S/c1-3-21-16-26-24(31-21)22-14-20(15-25)23(27-18(22)2)28(12-8-5-9-13-28)32(29,30)17-19-10-6-4-7-11-19/h4,6-7,10-11,14,16H,3,5,8-9,12-13,17H2,1-2H3/q+1. The predicted molar refractivity (Wildman–Crippen MR) is 123 cm³/mol. The number of nitrogens with zero attached hydrogens (tertiary/aromatic N) is 4. The van der Waals surface area contributed by atoms with Gasteiger partial charge in [-0.1, -0.05) is 37.3 Å². The molecule has 0 unspecified atom stereocenters. The van der Waals surface area contributed by atoms with Gasteiger partial charge in [0.25, 0.3) is 5.82 Å². The molecule has 0 N–H and O–H groups in total. The molecule has 0 bridgehead atoms. The van der Waals surface area contributed by atoms with E-state index in [-0.39, 0.29) is 15.2 Å². The van der Waals surface area contributed by atoms with E-state index >= 15 is 0 Å². The van der Waals surface area contributed by atoms with Crippen LogP contribution in [0.25, 0.3) is 11.5 Å². The average Bonchev–Trinajstić information content (AvgIpc) is 3.29. The van der Waals surface area contributed by atoms with E-state index in [0.29, 0.717) is 42.5 Å².